The largest absolute Gasteiger partial charge is 0.481 e. The summed E-state index contributed by atoms with van der Waals surface area (Å²) in [4.78, 5) is 29.5. The first-order valence-corrected chi connectivity index (χ1v) is 15.9. The molecule has 1 aromatic heterocycles. The van der Waals surface area contributed by atoms with E-state index < -0.39 is 11.4 Å². The zero-order valence-electron chi connectivity index (χ0n) is 25.7. The summed E-state index contributed by atoms with van der Waals surface area (Å²) in [6.45, 7) is 4.87. The number of ether oxygens (including phenoxy) is 1. The second kappa shape index (κ2) is 16.1. The monoisotopic (exact) mass is 582 g/mol. The van der Waals surface area contributed by atoms with Gasteiger partial charge in [-0.1, -0.05) is 81.1 Å². The van der Waals surface area contributed by atoms with Crippen LogP contribution in [-0.2, 0) is 22.4 Å². The lowest BCUT2D eigenvalue weighted by molar-refractivity contribution is -0.153. The quantitative estimate of drug-likeness (QED) is 0.175. The van der Waals surface area contributed by atoms with Crippen LogP contribution in [0, 0.1) is 12.3 Å². The van der Waals surface area contributed by atoms with Crippen LogP contribution in [0.15, 0.2) is 60.7 Å². The Kier molecular flexibility index (Phi) is 12.0. The van der Waals surface area contributed by atoms with Gasteiger partial charge >= 0.3 is 5.97 Å². The summed E-state index contributed by atoms with van der Waals surface area (Å²) in [5.41, 5.74) is 5.28. The molecule has 6 heteroatoms. The molecule has 0 radical (unpaired) electrons. The molecule has 43 heavy (non-hydrogen) atoms. The van der Waals surface area contributed by atoms with E-state index in [9.17, 15) is 14.7 Å². The number of nitrogens with one attached hydrogen (secondary N) is 1. The Morgan fingerprint density at radius 2 is 1.65 bits per heavy atom. The number of carboxylic acid groups (broad SMARTS) is 1. The molecular formula is C37H46N2O4. The summed E-state index contributed by atoms with van der Waals surface area (Å²) in [7, 11) is 0. The Morgan fingerprint density at radius 1 is 0.930 bits per heavy atom. The van der Waals surface area contributed by atoms with Crippen molar-refractivity contribution in [1.29, 1.82) is 0 Å². The van der Waals surface area contributed by atoms with Crippen LogP contribution in [0.25, 0.3) is 12.2 Å². The minimum atomic E-state index is -0.948. The van der Waals surface area contributed by atoms with E-state index in [-0.39, 0.29) is 12.3 Å². The highest BCUT2D eigenvalue weighted by Crippen LogP contribution is 2.40. The highest BCUT2D eigenvalue weighted by Gasteiger charge is 2.41. The third-order valence-corrected chi connectivity index (χ3v) is 8.43. The SMILES string of the molecule is CCCCc1ccc(CCCCOc2ccc(C)c(C=Cc3cccc(NC(=O)CC4(C(=O)O)CCCCC4)c3)n2)cc1. The number of anilines is 1. The van der Waals surface area contributed by atoms with E-state index in [2.05, 4.69) is 36.5 Å². The van der Waals surface area contributed by atoms with Crippen molar-refractivity contribution < 1.29 is 19.4 Å². The molecule has 3 aromatic rings. The molecule has 0 saturated heterocycles. The molecular weight excluding hydrogens is 536 g/mol. The Bertz CT molecular complexity index is 1370. The van der Waals surface area contributed by atoms with Gasteiger partial charge in [-0.15, -0.1) is 0 Å². The Morgan fingerprint density at radius 3 is 2.35 bits per heavy atom. The molecule has 1 fully saturated rings. The minimum absolute atomic E-state index is 0.00449. The van der Waals surface area contributed by atoms with Crippen LogP contribution in [-0.4, -0.2) is 28.6 Å². The number of hydrogen-bond donors (Lipinski definition) is 2. The number of amides is 1. The van der Waals surface area contributed by atoms with Gasteiger partial charge in [0, 0.05) is 18.2 Å². The number of hydrogen-bond acceptors (Lipinski definition) is 4. The van der Waals surface area contributed by atoms with Crippen molar-refractivity contribution in [2.45, 2.75) is 90.9 Å². The number of aliphatic carboxylic acids is 1. The van der Waals surface area contributed by atoms with Crippen molar-refractivity contribution in [3.8, 4) is 5.88 Å². The molecule has 2 aromatic carbocycles. The number of benzene rings is 2. The number of carboxylic acids is 1. The first-order valence-electron chi connectivity index (χ1n) is 15.9. The molecule has 1 aliphatic rings. The van der Waals surface area contributed by atoms with Gasteiger partial charge < -0.3 is 15.2 Å². The molecule has 228 valence electrons. The first-order chi connectivity index (χ1) is 20.9. The average Bonchev–Trinajstić information content (AvgIpc) is 3.01. The smallest absolute Gasteiger partial charge is 0.310 e. The van der Waals surface area contributed by atoms with Crippen molar-refractivity contribution in [1.82, 2.24) is 4.98 Å². The van der Waals surface area contributed by atoms with Gasteiger partial charge in [-0.2, -0.15) is 0 Å². The van der Waals surface area contributed by atoms with Gasteiger partial charge in [0.1, 0.15) is 0 Å². The molecule has 2 N–H and O–H groups in total. The van der Waals surface area contributed by atoms with Gasteiger partial charge in [0.2, 0.25) is 11.8 Å². The summed E-state index contributed by atoms with van der Waals surface area (Å²) < 4.78 is 5.97. The summed E-state index contributed by atoms with van der Waals surface area (Å²) in [6.07, 6.45) is 14.5. The number of unbranched alkanes of at least 4 members (excludes halogenated alkanes) is 2. The van der Waals surface area contributed by atoms with E-state index in [1.54, 1.807) is 0 Å². The zero-order valence-corrected chi connectivity index (χ0v) is 25.7. The maximum absolute atomic E-state index is 12.8. The number of nitrogens with zero attached hydrogens (tertiary/aromatic N) is 1. The lowest BCUT2D eigenvalue weighted by atomic mass is 9.71. The van der Waals surface area contributed by atoms with E-state index >= 15 is 0 Å². The lowest BCUT2D eigenvalue weighted by Gasteiger charge is -2.32. The van der Waals surface area contributed by atoms with Crippen LogP contribution in [0.2, 0.25) is 0 Å². The van der Waals surface area contributed by atoms with Gasteiger partial charge in [-0.3, -0.25) is 9.59 Å². The van der Waals surface area contributed by atoms with E-state index in [1.165, 1.54) is 24.0 Å². The number of rotatable bonds is 15. The maximum Gasteiger partial charge on any atom is 0.310 e. The topological polar surface area (TPSA) is 88.5 Å². The third kappa shape index (κ3) is 9.81. The van der Waals surface area contributed by atoms with Gasteiger partial charge in [-0.05, 0) is 92.3 Å². The van der Waals surface area contributed by atoms with Crippen LogP contribution in [0.5, 0.6) is 5.88 Å². The lowest BCUT2D eigenvalue weighted by Crippen LogP contribution is -2.37. The van der Waals surface area contributed by atoms with Crippen LogP contribution in [0.3, 0.4) is 0 Å². The minimum Gasteiger partial charge on any atom is -0.481 e. The fourth-order valence-electron chi connectivity index (χ4n) is 5.74. The van der Waals surface area contributed by atoms with Crippen molar-refractivity contribution >= 4 is 29.7 Å². The van der Waals surface area contributed by atoms with E-state index in [4.69, 9.17) is 9.72 Å². The number of aromatic nitrogens is 1. The third-order valence-electron chi connectivity index (χ3n) is 8.43. The van der Waals surface area contributed by atoms with Gasteiger partial charge in [-0.25, -0.2) is 4.98 Å². The molecule has 1 amide bonds. The molecule has 0 unspecified atom stereocenters. The van der Waals surface area contributed by atoms with E-state index in [0.29, 0.717) is 31.0 Å². The van der Waals surface area contributed by atoms with Crippen LogP contribution in [0.1, 0.15) is 99.1 Å². The Labute approximate surface area is 256 Å². The van der Waals surface area contributed by atoms with Gasteiger partial charge in [0.15, 0.2) is 0 Å². The molecule has 0 spiro atoms. The first kappa shape index (κ1) is 32.0. The Balaban J connectivity index is 1.26. The predicted molar refractivity (Wildman–Crippen MR) is 174 cm³/mol. The van der Waals surface area contributed by atoms with Gasteiger partial charge in [0.05, 0.1) is 17.7 Å². The summed E-state index contributed by atoms with van der Waals surface area (Å²) in [6, 6.07) is 20.5. The predicted octanol–water partition coefficient (Wildman–Crippen LogP) is 8.67. The summed E-state index contributed by atoms with van der Waals surface area (Å²) in [5.74, 6) is -0.508. The number of carbonyl (C=O) groups is 2. The molecule has 1 heterocycles. The maximum atomic E-state index is 12.8. The normalized spacial score (nSPS) is 14.5. The van der Waals surface area contributed by atoms with E-state index in [1.807, 2.05) is 55.5 Å². The van der Waals surface area contributed by atoms with E-state index in [0.717, 1.165) is 61.8 Å². The second-order valence-corrected chi connectivity index (χ2v) is 11.9. The number of aryl methyl sites for hydroxylation is 3. The van der Waals surface area contributed by atoms with Crippen LogP contribution >= 0.6 is 0 Å². The van der Waals surface area contributed by atoms with Gasteiger partial charge in [0.25, 0.3) is 0 Å². The molecule has 1 saturated carbocycles. The zero-order chi connectivity index (χ0) is 30.5. The fraction of sp³-hybridized carbons (Fsp3) is 0.432. The molecule has 6 nitrogen and oxygen atoms in total. The van der Waals surface area contributed by atoms with Crippen molar-refractivity contribution in [2.24, 2.45) is 5.41 Å². The average molecular weight is 583 g/mol. The molecule has 4 rings (SSSR count). The standard InChI is InChI=1S/C37H46N2O4/c1-3-4-11-29-16-18-30(19-17-29)12-6-9-25-43-35-22-15-28(2)33(39-35)21-20-31-13-10-14-32(26-31)38-34(40)27-37(36(41)42)23-7-5-8-24-37/h10,13-22,26H,3-9,11-12,23-25,27H2,1-2H3,(H,38,40)(H,41,42). The molecule has 0 aliphatic heterocycles. The van der Waals surface area contributed by atoms with Crippen molar-refractivity contribution in [3.63, 3.8) is 0 Å². The fourth-order valence-corrected chi connectivity index (χ4v) is 5.74. The molecule has 0 atom stereocenters. The Hall–Kier alpha value is -3.93. The highest BCUT2D eigenvalue weighted by atomic mass is 16.5. The second-order valence-electron chi connectivity index (χ2n) is 11.9. The summed E-state index contributed by atoms with van der Waals surface area (Å²) in [5, 5.41) is 12.7. The molecule has 0 bridgehead atoms. The molecule has 1 aliphatic carbocycles. The highest BCUT2D eigenvalue weighted by molar-refractivity contribution is 5.94. The van der Waals surface area contributed by atoms with Crippen molar-refractivity contribution in [3.05, 3.63) is 88.6 Å². The number of carbonyl (C=O) groups excluding carboxylic acids is 1. The summed E-state index contributed by atoms with van der Waals surface area (Å²) >= 11 is 0. The van der Waals surface area contributed by atoms with Crippen molar-refractivity contribution in [2.75, 3.05) is 11.9 Å². The van der Waals surface area contributed by atoms with Crippen LogP contribution in [0.4, 0.5) is 5.69 Å². The number of pyridine rings is 1. The van der Waals surface area contributed by atoms with Crippen LogP contribution < -0.4 is 10.1 Å².